The van der Waals surface area contributed by atoms with Crippen molar-refractivity contribution < 1.29 is 9.47 Å². The molecule has 2 aromatic rings. The fraction of sp³-hybridized carbons (Fsp3) is 0.222. The van der Waals surface area contributed by atoms with Gasteiger partial charge >= 0.3 is 0 Å². The Morgan fingerprint density at radius 3 is 2.48 bits per heavy atom. The second-order valence-electron chi connectivity index (χ2n) is 4.70. The van der Waals surface area contributed by atoms with Crippen LogP contribution in [0.5, 0.6) is 11.5 Å². The van der Waals surface area contributed by atoms with Gasteiger partial charge in [0.15, 0.2) is 0 Å². The number of rotatable bonds is 7. The molecule has 21 heavy (non-hydrogen) atoms. The molecular weight excluding hydrogens is 262 g/mol. The van der Waals surface area contributed by atoms with E-state index >= 15 is 0 Å². The van der Waals surface area contributed by atoms with Crippen LogP contribution >= 0.6 is 0 Å². The summed E-state index contributed by atoms with van der Waals surface area (Å²) in [6, 6.07) is 16.0. The number of anilines is 1. The van der Waals surface area contributed by atoms with Gasteiger partial charge in [-0.3, -0.25) is 0 Å². The van der Waals surface area contributed by atoms with E-state index in [4.69, 9.17) is 9.47 Å². The van der Waals surface area contributed by atoms with Gasteiger partial charge in [-0.1, -0.05) is 24.3 Å². The third-order valence-corrected chi connectivity index (χ3v) is 3.33. The summed E-state index contributed by atoms with van der Waals surface area (Å²) in [5, 5.41) is 3.52. The Morgan fingerprint density at radius 2 is 1.86 bits per heavy atom. The third kappa shape index (κ3) is 3.78. The van der Waals surface area contributed by atoms with Gasteiger partial charge in [-0.25, -0.2) is 0 Å². The summed E-state index contributed by atoms with van der Waals surface area (Å²) in [4.78, 5) is 0. The van der Waals surface area contributed by atoms with Crippen LogP contribution in [0.15, 0.2) is 61.2 Å². The summed E-state index contributed by atoms with van der Waals surface area (Å²) in [5.41, 5.74) is 2.12. The molecule has 3 heteroatoms. The average Bonchev–Trinajstić information content (AvgIpc) is 2.55. The lowest BCUT2D eigenvalue weighted by atomic mass is 10.0. The molecule has 0 saturated heterocycles. The second-order valence-corrected chi connectivity index (χ2v) is 4.70. The van der Waals surface area contributed by atoms with E-state index in [0.717, 1.165) is 29.2 Å². The minimum Gasteiger partial charge on any atom is -0.497 e. The quantitative estimate of drug-likeness (QED) is 0.762. The fourth-order valence-corrected chi connectivity index (χ4v) is 2.28. The summed E-state index contributed by atoms with van der Waals surface area (Å²) in [6.45, 7) is 3.85. The average molecular weight is 283 g/mol. The first kappa shape index (κ1) is 15.0. The number of para-hydroxylation sites is 1. The number of benzene rings is 2. The molecule has 0 bridgehead atoms. The van der Waals surface area contributed by atoms with Gasteiger partial charge in [0.1, 0.15) is 11.5 Å². The Kier molecular flexibility index (Phi) is 5.27. The second kappa shape index (κ2) is 7.39. The van der Waals surface area contributed by atoms with Crippen molar-refractivity contribution in [1.82, 2.24) is 0 Å². The van der Waals surface area contributed by atoms with Crippen LogP contribution in [0.25, 0.3) is 0 Å². The molecule has 1 N–H and O–H groups in total. The highest BCUT2D eigenvalue weighted by atomic mass is 16.5. The first-order chi connectivity index (χ1) is 10.3. The van der Waals surface area contributed by atoms with Gasteiger partial charge in [0.25, 0.3) is 0 Å². The molecule has 2 rings (SSSR count). The fourth-order valence-electron chi connectivity index (χ4n) is 2.28. The molecule has 110 valence electrons. The van der Waals surface area contributed by atoms with E-state index in [1.165, 1.54) is 0 Å². The van der Waals surface area contributed by atoms with E-state index in [1.54, 1.807) is 14.2 Å². The Labute approximate surface area is 126 Å². The zero-order valence-electron chi connectivity index (χ0n) is 12.5. The molecule has 0 amide bonds. The van der Waals surface area contributed by atoms with Crippen LogP contribution in [-0.2, 0) is 0 Å². The molecule has 0 aliphatic rings. The lowest BCUT2D eigenvalue weighted by molar-refractivity contribution is 0.396. The highest BCUT2D eigenvalue weighted by Gasteiger charge is 2.16. The SMILES string of the molecule is C=CC[C@@H](Nc1ccccc1)c1cc(OC)ccc1OC. The maximum absolute atomic E-state index is 5.48. The summed E-state index contributed by atoms with van der Waals surface area (Å²) in [6.07, 6.45) is 2.69. The van der Waals surface area contributed by atoms with Crippen LogP contribution in [0.1, 0.15) is 18.0 Å². The van der Waals surface area contributed by atoms with Crippen LogP contribution < -0.4 is 14.8 Å². The smallest absolute Gasteiger partial charge is 0.124 e. The van der Waals surface area contributed by atoms with Crippen molar-refractivity contribution in [3.05, 3.63) is 66.7 Å². The lowest BCUT2D eigenvalue weighted by Gasteiger charge is -2.22. The normalized spacial score (nSPS) is 11.5. The standard InChI is InChI=1S/C18H21NO2/c1-4-8-17(19-14-9-6-5-7-10-14)16-13-15(20-2)11-12-18(16)21-3/h4-7,9-13,17,19H,1,8H2,2-3H3/t17-/m1/s1. The molecular formula is C18H21NO2. The van der Waals surface area contributed by atoms with Gasteiger partial charge in [0, 0.05) is 11.3 Å². The summed E-state index contributed by atoms with van der Waals surface area (Å²) >= 11 is 0. The van der Waals surface area contributed by atoms with Gasteiger partial charge in [-0.15, -0.1) is 6.58 Å². The van der Waals surface area contributed by atoms with Gasteiger partial charge in [0.2, 0.25) is 0 Å². The predicted octanol–water partition coefficient (Wildman–Crippen LogP) is 4.43. The van der Waals surface area contributed by atoms with E-state index in [0.29, 0.717) is 0 Å². The summed E-state index contributed by atoms with van der Waals surface area (Å²) in [7, 11) is 3.34. The van der Waals surface area contributed by atoms with Crippen LogP contribution in [0.3, 0.4) is 0 Å². The Balaban J connectivity index is 2.34. The molecule has 1 atom stereocenters. The minimum absolute atomic E-state index is 0.0787. The van der Waals surface area contributed by atoms with Crippen molar-refractivity contribution in [2.75, 3.05) is 19.5 Å². The minimum atomic E-state index is 0.0787. The summed E-state index contributed by atoms with van der Waals surface area (Å²) in [5.74, 6) is 1.65. The Hall–Kier alpha value is -2.42. The van der Waals surface area contributed by atoms with Gasteiger partial charge < -0.3 is 14.8 Å². The van der Waals surface area contributed by atoms with Crippen LogP contribution in [-0.4, -0.2) is 14.2 Å². The topological polar surface area (TPSA) is 30.5 Å². The summed E-state index contributed by atoms with van der Waals surface area (Å²) < 4.78 is 10.8. The molecule has 0 saturated carbocycles. The van der Waals surface area contributed by atoms with Crippen molar-refractivity contribution >= 4 is 5.69 Å². The van der Waals surface area contributed by atoms with Crippen molar-refractivity contribution in [2.45, 2.75) is 12.5 Å². The number of hydrogen-bond acceptors (Lipinski definition) is 3. The first-order valence-corrected chi connectivity index (χ1v) is 6.93. The zero-order chi connectivity index (χ0) is 15.1. The Bertz CT molecular complexity index is 581. The maximum Gasteiger partial charge on any atom is 0.124 e. The third-order valence-electron chi connectivity index (χ3n) is 3.33. The lowest BCUT2D eigenvalue weighted by Crippen LogP contribution is -2.11. The van der Waals surface area contributed by atoms with E-state index in [2.05, 4.69) is 11.9 Å². The number of ether oxygens (including phenoxy) is 2. The molecule has 0 heterocycles. The largest absolute Gasteiger partial charge is 0.497 e. The number of methoxy groups -OCH3 is 2. The molecule has 0 radical (unpaired) electrons. The molecule has 0 fully saturated rings. The first-order valence-electron chi connectivity index (χ1n) is 6.93. The van der Waals surface area contributed by atoms with E-state index in [9.17, 15) is 0 Å². The van der Waals surface area contributed by atoms with Crippen molar-refractivity contribution in [3.8, 4) is 11.5 Å². The number of nitrogens with one attached hydrogen (secondary N) is 1. The number of hydrogen-bond donors (Lipinski definition) is 1. The highest BCUT2D eigenvalue weighted by Crippen LogP contribution is 2.33. The molecule has 2 aromatic carbocycles. The van der Waals surface area contributed by atoms with Gasteiger partial charge in [0.05, 0.1) is 20.3 Å². The van der Waals surface area contributed by atoms with Crippen molar-refractivity contribution in [3.63, 3.8) is 0 Å². The molecule has 0 aliphatic heterocycles. The van der Waals surface area contributed by atoms with E-state index < -0.39 is 0 Å². The Morgan fingerprint density at radius 1 is 1.10 bits per heavy atom. The monoisotopic (exact) mass is 283 g/mol. The van der Waals surface area contributed by atoms with Crippen LogP contribution in [0.2, 0.25) is 0 Å². The van der Waals surface area contributed by atoms with Crippen molar-refractivity contribution in [2.24, 2.45) is 0 Å². The van der Waals surface area contributed by atoms with Crippen LogP contribution in [0.4, 0.5) is 5.69 Å². The van der Waals surface area contributed by atoms with E-state index in [-0.39, 0.29) is 6.04 Å². The molecule has 0 aliphatic carbocycles. The molecule has 3 nitrogen and oxygen atoms in total. The molecule has 0 spiro atoms. The van der Waals surface area contributed by atoms with Crippen molar-refractivity contribution in [1.29, 1.82) is 0 Å². The van der Waals surface area contributed by atoms with Gasteiger partial charge in [-0.2, -0.15) is 0 Å². The maximum atomic E-state index is 5.48. The molecule has 0 unspecified atom stereocenters. The van der Waals surface area contributed by atoms with E-state index in [1.807, 2.05) is 54.6 Å². The highest BCUT2D eigenvalue weighted by molar-refractivity contribution is 5.49. The zero-order valence-corrected chi connectivity index (χ0v) is 12.5. The van der Waals surface area contributed by atoms with Gasteiger partial charge in [-0.05, 0) is 36.8 Å². The molecule has 0 aromatic heterocycles. The van der Waals surface area contributed by atoms with Crippen LogP contribution in [0, 0.1) is 0 Å². The predicted molar refractivity (Wildman–Crippen MR) is 87.2 cm³/mol.